The number of pyridine rings is 3. The summed E-state index contributed by atoms with van der Waals surface area (Å²) >= 11 is 0. The quantitative estimate of drug-likeness (QED) is 0.0774. The first-order chi connectivity index (χ1) is 34.1. The van der Waals surface area contributed by atoms with Gasteiger partial charge in [-0.3, -0.25) is 25.1 Å². The Morgan fingerprint density at radius 1 is 0.614 bits per heavy atom. The third-order valence-corrected chi connectivity index (χ3v) is 13.4. The zero-order valence-corrected chi connectivity index (χ0v) is 40.0. The summed E-state index contributed by atoms with van der Waals surface area (Å²) in [5.74, 6) is 0. The number of H-pyrrole nitrogens is 4. The van der Waals surface area contributed by atoms with E-state index in [-0.39, 0.29) is 5.41 Å². The summed E-state index contributed by atoms with van der Waals surface area (Å²) in [6, 6.07) is 40.0. The second kappa shape index (κ2) is 19.0. The lowest BCUT2D eigenvalue weighted by Crippen LogP contribution is -2.18. The molecule has 0 aliphatic heterocycles. The molecule has 10 nitrogen and oxygen atoms in total. The first-order valence-electron chi connectivity index (χ1n) is 23.5. The molecule has 0 atom stereocenters. The average Bonchev–Trinajstić information content (AvgIpc) is 4.22. The van der Waals surface area contributed by atoms with Crippen molar-refractivity contribution in [1.29, 1.82) is 0 Å². The molecule has 7 heterocycles. The molecule has 0 spiro atoms. The maximum atomic E-state index is 4.69. The van der Waals surface area contributed by atoms with Gasteiger partial charge in [-0.2, -0.15) is 10.2 Å². The second-order valence-electron chi connectivity index (χ2n) is 18.1. The molecule has 11 rings (SSSR count). The molecule has 11 aromatic rings. The number of benzene rings is 4. The van der Waals surface area contributed by atoms with E-state index in [1.807, 2.05) is 73.6 Å². The van der Waals surface area contributed by atoms with Crippen LogP contribution < -0.4 is 5.32 Å². The van der Waals surface area contributed by atoms with Gasteiger partial charge in [-0.25, -0.2) is 0 Å². The van der Waals surface area contributed by atoms with E-state index in [9.17, 15) is 0 Å². The number of hydrogen-bond donors (Lipinski definition) is 5. The third kappa shape index (κ3) is 8.74. The maximum absolute atomic E-state index is 4.69. The van der Waals surface area contributed by atoms with Crippen LogP contribution in [0.5, 0.6) is 0 Å². The van der Waals surface area contributed by atoms with Crippen molar-refractivity contribution < 1.29 is 0 Å². The predicted octanol–water partition coefficient (Wildman–Crippen LogP) is 15.5. The number of allylic oxidation sites excluding steroid dienone is 6. The van der Waals surface area contributed by atoms with Crippen molar-refractivity contribution in [3.63, 3.8) is 0 Å². The molecule has 0 unspecified atom stereocenters. The van der Waals surface area contributed by atoms with Crippen molar-refractivity contribution in [1.82, 2.24) is 45.3 Å². The number of nitrogens with zero attached hydrogens (tertiary/aromatic N) is 5. The smallest absolute Gasteiger partial charge is 0.116 e. The maximum Gasteiger partial charge on any atom is 0.116 e. The van der Waals surface area contributed by atoms with Gasteiger partial charge >= 0.3 is 0 Å². The monoisotopic (exact) mass is 914 g/mol. The van der Waals surface area contributed by atoms with E-state index in [4.69, 9.17) is 0 Å². The van der Waals surface area contributed by atoms with Gasteiger partial charge < -0.3 is 15.3 Å². The fourth-order valence-electron chi connectivity index (χ4n) is 9.03. The molecule has 70 heavy (non-hydrogen) atoms. The Labute approximate surface area is 407 Å². The Balaban J connectivity index is 0.000000165. The van der Waals surface area contributed by atoms with Crippen molar-refractivity contribution in [2.45, 2.75) is 41.0 Å². The van der Waals surface area contributed by atoms with Crippen molar-refractivity contribution in [2.24, 2.45) is 5.41 Å². The van der Waals surface area contributed by atoms with E-state index >= 15 is 0 Å². The van der Waals surface area contributed by atoms with Crippen LogP contribution in [-0.4, -0.2) is 45.3 Å². The highest BCUT2D eigenvalue weighted by Gasteiger charge is 2.20. The average molecular weight is 915 g/mol. The SMILES string of the molecule is C=C(Nc1cncc(-c2ccc3[nH]nc(-c4cc5c(-c6ccncc6)cccc5[nH]4)c3c2)c1)C(C)(C)CC.C=C/C=C(C)\C(=C/C)c1ccc2[nH]nc(-c3cc4c(-c5ccncc5)cccc4[nH]3)c2c1. The number of aromatic nitrogens is 9. The Morgan fingerprint density at radius 3 is 1.74 bits per heavy atom. The number of fused-ring (bicyclic) bond motifs is 4. The number of hydrogen-bond acceptors (Lipinski definition) is 6. The van der Waals surface area contributed by atoms with Crippen LogP contribution in [0.3, 0.4) is 0 Å². The van der Waals surface area contributed by atoms with Gasteiger partial charge in [-0.05, 0) is 144 Å². The van der Waals surface area contributed by atoms with Gasteiger partial charge in [0, 0.05) is 80.2 Å². The Kier molecular flexibility index (Phi) is 12.2. The van der Waals surface area contributed by atoms with Crippen LogP contribution in [0.4, 0.5) is 5.69 Å². The van der Waals surface area contributed by atoms with Gasteiger partial charge in [0.05, 0.1) is 34.3 Å². The van der Waals surface area contributed by atoms with Crippen LogP contribution >= 0.6 is 0 Å². The molecule has 0 aliphatic rings. The van der Waals surface area contributed by atoms with Gasteiger partial charge in [0.2, 0.25) is 0 Å². The number of anilines is 1. The predicted molar refractivity (Wildman–Crippen MR) is 291 cm³/mol. The zero-order chi connectivity index (χ0) is 48.4. The van der Waals surface area contributed by atoms with Crippen LogP contribution in [0.2, 0.25) is 0 Å². The van der Waals surface area contributed by atoms with E-state index in [2.05, 4.69) is 195 Å². The molecule has 0 fully saturated rings. The zero-order valence-electron chi connectivity index (χ0n) is 40.0. The van der Waals surface area contributed by atoms with Crippen molar-refractivity contribution in [3.05, 3.63) is 201 Å². The standard InChI is InChI=1S/C32H30N6.C28H24N4/c1-5-32(3,4)20(2)35-24-15-23(18-34-19-24)22-9-10-29-27(16-22)31(38-37-29)30-17-26-25(7-6-8-28(26)36-30)21-11-13-33-14-12-21;1-4-7-18(3)21(5-2)20-10-11-26-24(16-20)28(32-31-26)27-17-23-22(8-6-9-25(23)30-27)19-12-14-29-15-13-19/h6-19,35-36H,2,5H2,1,3-4H3,(H,37,38);4-17,30H,1H2,2-3H3,(H,31,32)/b;18-7-,21-5+. The molecule has 0 saturated heterocycles. The summed E-state index contributed by atoms with van der Waals surface area (Å²) in [6.07, 6.45) is 18.0. The number of aromatic amines is 4. The summed E-state index contributed by atoms with van der Waals surface area (Å²) in [5.41, 5.74) is 20.1. The topological polar surface area (TPSA) is 140 Å². The van der Waals surface area contributed by atoms with Crippen molar-refractivity contribution in [2.75, 3.05) is 5.32 Å². The fourth-order valence-corrected chi connectivity index (χ4v) is 9.03. The van der Waals surface area contributed by atoms with E-state index in [0.717, 1.165) is 112 Å². The summed E-state index contributed by atoms with van der Waals surface area (Å²) < 4.78 is 0. The summed E-state index contributed by atoms with van der Waals surface area (Å²) in [5, 5.41) is 23.6. The van der Waals surface area contributed by atoms with E-state index < -0.39 is 0 Å². The van der Waals surface area contributed by atoms with Crippen LogP contribution in [0, 0.1) is 5.41 Å². The molecule has 0 aliphatic carbocycles. The lowest BCUT2D eigenvalue weighted by atomic mass is 9.87. The number of nitrogens with one attached hydrogen (secondary N) is 5. The van der Waals surface area contributed by atoms with Gasteiger partial charge in [-0.15, -0.1) is 0 Å². The minimum atomic E-state index is -0.00252. The molecule has 0 bridgehead atoms. The molecule has 5 N–H and O–H groups in total. The lowest BCUT2D eigenvalue weighted by molar-refractivity contribution is 0.434. The fraction of sp³-hybridized carbons (Fsp3) is 0.117. The van der Waals surface area contributed by atoms with Crippen LogP contribution in [-0.2, 0) is 0 Å². The lowest BCUT2D eigenvalue weighted by Gasteiger charge is -2.26. The van der Waals surface area contributed by atoms with Crippen LogP contribution in [0.1, 0.15) is 46.6 Å². The van der Waals surface area contributed by atoms with E-state index in [0.29, 0.717) is 0 Å². The summed E-state index contributed by atoms with van der Waals surface area (Å²) in [6.45, 7) is 18.8. The largest absolute Gasteiger partial charge is 0.358 e. The third-order valence-electron chi connectivity index (χ3n) is 13.4. The Hall–Kier alpha value is -8.89. The summed E-state index contributed by atoms with van der Waals surface area (Å²) in [4.78, 5) is 20.0. The molecule has 344 valence electrons. The molecular weight excluding hydrogens is 861 g/mol. The second-order valence-corrected chi connectivity index (χ2v) is 18.1. The van der Waals surface area contributed by atoms with Gasteiger partial charge in [0.25, 0.3) is 0 Å². The van der Waals surface area contributed by atoms with Crippen LogP contribution in [0.25, 0.3) is 105 Å². The van der Waals surface area contributed by atoms with Crippen molar-refractivity contribution in [3.8, 4) is 56.2 Å². The Morgan fingerprint density at radius 2 is 1.19 bits per heavy atom. The molecule has 7 aromatic heterocycles. The van der Waals surface area contributed by atoms with Crippen LogP contribution in [0.15, 0.2) is 195 Å². The molecule has 0 saturated carbocycles. The highest BCUT2D eigenvalue weighted by Crippen LogP contribution is 2.38. The minimum absolute atomic E-state index is 0.00252. The summed E-state index contributed by atoms with van der Waals surface area (Å²) in [7, 11) is 0. The van der Waals surface area contributed by atoms with Gasteiger partial charge in [0.15, 0.2) is 0 Å². The molecular formula is C60H54N10. The molecule has 0 radical (unpaired) electrons. The van der Waals surface area contributed by atoms with E-state index in [1.165, 1.54) is 22.1 Å². The van der Waals surface area contributed by atoms with Gasteiger partial charge in [0.1, 0.15) is 11.4 Å². The number of rotatable bonds is 12. The Bertz CT molecular complexity index is 3770. The first kappa shape index (κ1) is 44.9. The highest BCUT2D eigenvalue weighted by molar-refractivity contribution is 6.03. The molecule has 0 amide bonds. The highest BCUT2D eigenvalue weighted by atomic mass is 15.1. The van der Waals surface area contributed by atoms with E-state index in [1.54, 1.807) is 0 Å². The van der Waals surface area contributed by atoms with Crippen molar-refractivity contribution >= 4 is 54.9 Å². The minimum Gasteiger partial charge on any atom is -0.358 e. The first-order valence-corrected chi connectivity index (χ1v) is 23.5. The molecule has 10 heteroatoms. The van der Waals surface area contributed by atoms with Gasteiger partial charge in [-0.1, -0.05) is 88.6 Å². The normalized spacial score (nSPS) is 12.1. The molecule has 4 aromatic carbocycles.